The molecule has 1 aromatic heterocycles. The normalized spacial score (nSPS) is 12.0. The minimum Gasteiger partial charge on any atom is -0.387 e. The van der Waals surface area contributed by atoms with Crippen molar-refractivity contribution in [1.82, 2.24) is 9.88 Å². The van der Waals surface area contributed by atoms with E-state index in [1.165, 1.54) is 11.1 Å². The lowest BCUT2D eigenvalue weighted by Gasteiger charge is -2.22. The summed E-state index contributed by atoms with van der Waals surface area (Å²) in [6, 6.07) is 9.23. The Morgan fingerprint density at radius 1 is 1.38 bits per heavy atom. The Morgan fingerprint density at radius 2 is 2.10 bits per heavy atom. The fraction of sp³-hybridized carbons (Fsp3) is 0.250. The first kappa shape index (κ1) is 15.7. The van der Waals surface area contributed by atoms with Crippen molar-refractivity contribution in [3.8, 4) is 0 Å². The number of hydrogen-bond donors (Lipinski definition) is 1. The van der Waals surface area contributed by atoms with Crippen LogP contribution in [0.3, 0.4) is 0 Å². The van der Waals surface area contributed by atoms with Gasteiger partial charge in [0.15, 0.2) is 0 Å². The van der Waals surface area contributed by atoms with Gasteiger partial charge in [0, 0.05) is 23.9 Å². The molecule has 0 aliphatic carbocycles. The third-order valence-electron chi connectivity index (χ3n) is 3.18. The molecule has 5 heteroatoms. The van der Waals surface area contributed by atoms with Crippen molar-refractivity contribution in [3.63, 3.8) is 0 Å². The molecule has 0 bridgehead atoms. The molecule has 1 aromatic carbocycles. The van der Waals surface area contributed by atoms with Crippen LogP contribution in [0, 0.1) is 6.92 Å². The monoisotopic (exact) mass is 348 g/mol. The SMILES string of the molecule is Cc1cncc(C(=O)N(C)C[C@H](O)c2ccccc2Br)c1. The number of pyridine rings is 1. The van der Waals surface area contributed by atoms with Crippen molar-refractivity contribution in [2.24, 2.45) is 0 Å². The second-order valence-corrected chi connectivity index (χ2v) is 5.83. The maximum absolute atomic E-state index is 12.3. The highest BCUT2D eigenvalue weighted by atomic mass is 79.9. The number of aryl methyl sites for hydroxylation is 1. The average Bonchev–Trinajstić information content (AvgIpc) is 2.46. The molecule has 4 nitrogen and oxygen atoms in total. The summed E-state index contributed by atoms with van der Waals surface area (Å²) in [5, 5.41) is 10.3. The van der Waals surface area contributed by atoms with Crippen molar-refractivity contribution in [2.45, 2.75) is 13.0 Å². The minimum absolute atomic E-state index is 0.155. The summed E-state index contributed by atoms with van der Waals surface area (Å²) in [7, 11) is 1.67. The molecule has 1 N–H and O–H groups in total. The van der Waals surface area contributed by atoms with Crippen LogP contribution in [0.5, 0.6) is 0 Å². The lowest BCUT2D eigenvalue weighted by atomic mass is 10.1. The van der Waals surface area contributed by atoms with Crippen molar-refractivity contribution in [2.75, 3.05) is 13.6 Å². The fourth-order valence-corrected chi connectivity index (χ4v) is 2.63. The Bertz CT molecular complexity index is 646. The molecular weight excluding hydrogens is 332 g/mol. The Morgan fingerprint density at radius 3 is 2.76 bits per heavy atom. The van der Waals surface area contributed by atoms with Gasteiger partial charge < -0.3 is 10.0 Å². The largest absolute Gasteiger partial charge is 0.387 e. The number of carbonyl (C=O) groups excluding carboxylic acids is 1. The van der Waals surface area contributed by atoms with Crippen LogP contribution in [0.4, 0.5) is 0 Å². The number of hydrogen-bond acceptors (Lipinski definition) is 3. The van der Waals surface area contributed by atoms with Gasteiger partial charge in [-0.3, -0.25) is 9.78 Å². The molecule has 0 unspecified atom stereocenters. The van der Waals surface area contributed by atoms with Gasteiger partial charge in [0.2, 0.25) is 0 Å². The number of rotatable bonds is 4. The highest BCUT2D eigenvalue weighted by Gasteiger charge is 2.18. The number of aliphatic hydroxyl groups excluding tert-OH is 1. The van der Waals surface area contributed by atoms with Crippen LogP contribution in [0.2, 0.25) is 0 Å². The number of likely N-dealkylation sites (N-methyl/N-ethyl adjacent to an activating group) is 1. The molecule has 2 rings (SSSR count). The third kappa shape index (κ3) is 3.89. The van der Waals surface area contributed by atoms with Crippen LogP contribution in [0.15, 0.2) is 47.2 Å². The molecule has 110 valence electrons. The zero-order valence-electron chi connectivity index (χ0n) is 12.0. The van der Waals surface area contributed by atoms with E-state index in [1.54, 1.807) is 19.3 Å². The predicted octanol–water partition coefficient (Wildman–Crippen LogP) is 2.96. The zero-order valence-corrected chi connectivity index (χ0v) is 13.5. The van der Waals surface area contributed by atoms with Crippen molar-refractivity contribution in [1.29, 1.82) is 0 Å². The first-order valence-electron chi connectivity index (χ1n) is 6.58. The Kier molecular flexibility index (Phi) is 5.09. The quantitative estimate of drug-likeness (QED) is 0.923. The molecule has 1 amide bonds. The van der Waals surface area contributed by atoms with Gasteiger partial charge in [0.25, 0.3) is 5.91 Å². The number of aliphatic hydroxyl groups is 1. The van der Waals surface area contributed by atoms with E-state index in [-0.39, 0.29) is 12.5 Å². The van der Waals surface area contributed by atoms with Crippen LogP contribution in [-0.2, 0) is 0 Å². The van der Waals surface area contributed by atoms with Gasteiger partial charge in [-0.25, -0.2) is 0 Å². The summed E-state index contributed by atoms with van der Waals surface area (Å²) in [6.45, 7) is 2.11. The van der Waals surface area contributed by atoms with E-state index in [2.05, 4.69) is 20.9 Å². The second-order valence-electron chi connectivity index (χ2n) is 4.97. The molecule has 0 saturated heterocycles. The highest BCUT2D eigenvalue weighted by Crippen LogP contribution is 2.23. The molecule has 1 heterocycles. The van der Waals surface area contributed by atoms with Crippen LogP contribution in [-0.4, -0.2) is 34.5 Å². The molecular formula is C16H17BrN2O2. The Balaban J connectivity index is 2.09. The molecule has 0 spiro atoms. The summed E-state index contributed by atoms with van der Waals surface area (Å²) < 4.78 is 0.829. The van der Waals surface area contributed by atoms with E-state index in [0.29, 0.717) is 5.56 Å². The molecule has 21 heavy (non-hydrogen) atoms. The second kappa shape index (κ2) is 6.83. The number of aromatic nitrogens is 1. The Labute approximate surface area is 132 Å². The van der Waals surface area contributed by atoms with E-state index >= 15 is 0 Å². The maximum Gasteiger partial charge on any atom is 0.255 e. The van der Waals surface area contributed by atoms with Gasteiger partial charge in [-0.15, -0.1) is 0 Å². The first-order valence-corrected chi connectivity index (χ1v) is 7.38. The van der Waals surface area contributed by atoms with Crippen molar-refractivity contribution >= 4 is 21.8 Å². The summed E-state index contributed by atoms with van der Waals surface area (Å²) in [5.74, 6) is -0.155. The molecule has 0 aliphatic heterocycles. The van der Waals surface area contributed by atoms with Gasteiger partial charge in [0.1, 0.15) is 0 Å². The number of carbonyl (C=O) groups is 1. The molecule has 1 atom stereocenters. The molecule has 0 aliphatic rings. The predicted molar refractivity (Wildman–Crippen MR) is 85.0 cm³/mol. The Hall–Kier alpha value is -1.72. The molecule has 0 radical (unpaired) electrons. The van der Waals surface area contributed by atoms with E-state index in [4.69, 9.17) is 0 Å². The van der Waals surface area contributed by atoms with E-state index in [0.717, 1.165) is 15.6 Å². The number of amides is 1. The number of benzene rings is 1. The highest BCUT2D eigenvalue weighted by molar-refractivity contribution is 9.10. The van der Waals surface area contributed by atoms with Gasteiger partial charge in [-0.2, -0.15) is 0 Å². The fourth-order valence-electron chi connectivity index (χ4n) is 2.08. The zero-order chi connectivity index (χ0) is 15.4. The van der Waals surface area contributed by atoms with Gasteiger partial charge in [-0.1, -0.05) is 34.1 Å². The van der Waals surface area contributed by atoms with Crippen molar-refractivity contribution < 1.29 is 9.90 Å². The van der Waals surface area contributed by atoms with Gasteiger partial charge in [-0.05, 0) is 30.2 Å². The van der Waals surface area contributed by atoms with E-state index in [9.17, 15) is 9.90 Å². The standard InChI is InChI=1S/C16H17BrN2O2/c1-11-7-12(9-18-8-11)16(21)19(2)10-15(20)13-5-3-4-6-14(13)17/h3-9,15,20H,10H2,1-2H3/t15-/m0/s1. The summed E-state index contributed by atoms with van der Waals surface area (Å²) in [4.78, 5) is 17.8. The minimum atomic E-state index is -0.743. The van der Waals surface area contributed by atoms with Crippen molar-refractivity contribution in [3.05, 3.63) is 63.9 Å². The average molecular weight is 349 g/mol. The lowest BCUT2D eigenvalue weighted by molar-refractivity contribution is 0.0679. The topological polar surface area (TPSA) is 53.4 Å². The first-order chi connectivity index (χ1) is 9.99. The van der Waals surface area contributed by atoms with Crippen LogP contribution in [0.1, 0.15) is 27.6 Å². The third-order valence-corrected chi connectivity index (χ3v) is 3.90. The molecule has 0 fully saturated rings. The van der Waals surface area contributed by atoms with Gasteiger partial charge >= 0.3 is 0 Å². The number of halogens is 1. The van der Waals surface area contributed by atoms with Crippen LogP contribution in [0.25, 0.3) is 0 Å². The molecule has 0 saturated carbocycles. The van der Waals surface area contributed by atoms with E-state index in [1.807, 2.05) is 31.2 Å². The lowest BCUT2D eigenvalue weighted by Crippen LogP contribution is -2.31. The summed E-state index contributed by atoms with van der Waals surface area (Å²) >= 11 is 3.40. The van der Waals surface area contributed by atoms with Crippen LogP contribution < -0.4 is 0 Å². The number of nitrogens with zero attached hydrogens (tertiary/aromatic N) is 2. The maximum atomic E-state index is 12.3. The van der Waals surface area contributed by atoms with Crippen LogP contribution >= 0.6 is 15.9 Å². The smallest absolute Gasteiger partial charge is 0.255 e. The summed E-state index contributed by atoms with van der Waals surface area (Å²) in [5.41, 5.74) is 2.22. The van der Waals surface area contributed by atoms with Gasteiger partial charge in [0.05, 0.1) is 18.2 Å². The molecule has 2 aromatic rings. The van der Waals surface area contributed by atoms with E-state index < -0.39 is 6.10 Å². The summed E-state index contributed by atoms with van der Waals surface area (Å²) in [6.07, 6.45) is 2.50.